The third-order valence-corrected chi connectivity index (χ3v) is 4.82. The van der Waals surface area contributed by atoms with Crippen LogP contribution in [0.1, 0.15) is 38.5 Å². The van der Waals surface area contributed by atoms with E-state index >= 15 is 0 Å². The molecule has 0 aromatic heterocycles. The Bertz CT molecular complexity index is 625. The standard InChI is InChI=1S/C15H18N2O3S/c16-12-15(10-6-1-2-7-11-15)13-17-20-21(18,19)14-8-4-3-5-9-14/h3-5,8-9,13H,1-2,6-7,10-11H2. The number of rotatable bonds is 4. The molecule has 0 radical (unpaired) electrons. The van der Waals surface area contributed by atoms with Gasteiger partial charge < -0.3 is 0 Å². The number of oxime groups is 1. The normalized spacial score (nSPS) is 18.8. The third-order valence-electron chi connectivity index (χ3n) is 3.69. The Balaban J connectivity index is 2.09. The second-order valence-electron chi connectivity index (χ2n) is 5.26. The van der Waals surface area contributed by atoms with Gasteiger partial charge in [-0.1, -0.05) is 49.0 Å². The van der Waals surface area contributed by atoms with Gasteiger partial charge in [0.05, 0.1) is 17.7 Å². The van der Waals surface area contributed by atoms with E-state index in [2.05, 4.69) is 15.5 Å². The molecule has 1 aliphatic rings. The molecule has 1 aromatic rings. The fourth-order valence-electron chi connectivity index (χ4n) is 2.44. The Morgan fingerprint density at radius 2 is 1.76 bits per heavy atom. The first-order chi connectivity index (χ1) is 10.1. The summed E-state index contributed by atoms with van der Waals surface area (Å²) in [7, 11) is -3.91. The molecule has 0 atom stereocenters. The first-order valence-electron chi connectivity index (χ1n) is 7.02. The van der Waals surface area contributed by atoms with Gasteiger partial charge in [-0.2, -0.15) is 13.7 Å². The second kappa shape index (κ2) is 6.72. The zero-order valence-corrected chi connectivity index (χ0v) is 12.6. The highest BCUT2D eigenvalue weighted by Gasteiger charge is 2.29. The van der Waals surface area contributed by atoms with Crippen LogP contribution in [0.4, 0.5) is 0 Å². The maximum Gasteiger partial charge on any atom is 0.358 e. The summed E-state index contributed by atoms with van der Waals surface area (Å²) in [6.07, 6.45) is 6.85. The zero-order valence-electron chi connectivity index (χ0n) is 11.7. The van der Waals surface area contributed by atoms with Crippen LogP contribution in [0.3, 0.4) is 0 Å². The number of benzene rings is 1. The minimum atomic E-state index is -3.91. The molecule has 0 spiro atoms. The minimum Gasteiger partial charge on any atom is -0.265 e. The number of hydrogen-bond donors (Lipinski definition) is 0. The van der Waals surface area contributed by atoms with Crippen LogP contribution in [-0.4, -0.2) is 14.6 Å². The Kier molecular flexibility index (Phi) is 4.97. The molecule has 1 saturated carbocycles. The van der Waals surface area contributed by atoms with Crippen molar-refractivity contribution in [2.45, 2.75) is 43.4 Å². The van der Waals surface area contributed by atoms with Crippen LogP contribution in [0.2, 0.25) is 0 Å². The van der Waals surface area contributed by atoms with E-state index in [0.717, 1.165) is 25.7 Å². The molecular weight excluding hydrogens is 288 g/mol. The Hall–Kier alpha value is -1.87. The lowest BCUT2D eigenvalue weighted by atomic mass is 9.83. The third kappa shape index (κ3) is 4.05. The summed E-state index contributed by atoms with van der Waals surface area (Å²) in [4.78, 5) is 0.0500. The molecule has 5 nitrogen and oxygen atoms in total. The zero-order chi connectivity index (χ0) is 15.2. The molecule has 0 unspecified atom stereocenters. The van der Waals surface area contributed by atoms with Crippen molar-refractivity contribution in [2.75, 3.05) is 0 Å². The maximum absolute atomic E-state index is 11.9. The van der Waals surface area contributed by atoms with Crippen LogP contribution < -0.4 is 0 Å². The molecule has 1 aromatic carbocycles. The molecule has 2 rings (SSSR count). The summed E-state index contributed by atoms with van der Waals surface area (Å²) in [5, 5.41) is 13.0. The first kappa shape index (κ1) is 15.5. The van der Waals surface area contributed by atoms with Crippen molar-refractivity contribution in [3.8, 4) is 6.07 Å². The molecule has 0 aliphatic heterocycles. The molecule has 0 amide bonds. The van der Waals surface area contributed by atoms with Crippen LogP contribution in [0, 0.1) is 16.7 Å². The van der Waals surface area contributed by atoms with E-state index in [1.165, 1.54) is 18.3 Å². The SMILES string of the molecule is N#CC1(C=NOS(=O)(=O)c2ccccc2)CCCCCC1. The first-order valence-corrected chi connectivity index (χ1v) is 8.43. The monoisotopic (exact) mass is 306 g/mol. The van der Waals surface area contributed by atoms with Crippen molar-refractivity contribution in [1.82, 2.24) is 0 Å². The van der Waals surface area contributed by atoms with Gasteiger partial charge in [-0.3, -0.25) is 4.28 Å². The van der Waals surface area contributed by atoms with Gasteiger partial charge in [0, 0.05) is 0 Å². The highest BCUT2D eigenvalue weighted by Crippen LogP contribution is 2.32. The van der Waals surface area contributed by atoms with Gasteiger partial charge in [0.15, 0.2) is 0 Å². The fourth-order valence-corrected chi connectivity index (χ4v) is 3.17. The summed E-state index contributed by atoms with van der Waals surface area (Å²) in [6, 6.07) is 10.1. The predicted octanol–water partition coefficient (Wildman–Crippen LogP) is 3.24. The number of hydrogen-bond acceptors (Lipinski definition) is 5. The van der Waals surface area contributed by atoms with Crippen molar-refractivity contribution in [1.29, 1.82) is 5.26 Å². The topological polar surface area (TPSA) is 79.5 Å². The molecule has 1 aliphatic carbocycles. The van der Waals surface area contributed by atoms with Crippen molar-refractivity contribution in [3.05, 3.63) is 30.3 Å². The summed E-state index contributed by atoms with van der Waals surface area (Å²) in [5.74, 6) is 0. The lowest BCUT2D eigenvalue weighted by molar-refractivity contribution is 0.332. The van der Waals surface area contributed by atoms with Crippen molar-refractivity contribution in [2.24, 2.45) is 10.6 Å². The summed E-state index contributed by atoms with van der Waals surface area (Å²) in [5.41, 5.74) is -0.706. The molecule has 0 saturated heterocycles. The van der Waals surface area contributed by atoms with E-state index in [9.17, 15) is 13.7 Å². The fraction of sp³-hybridized carbons (Fsp3) is 0.467. The lowest BCUT2D eigenvalue weighted by Crippen LogP contribution is -2.19. The van der Waals surface area contributed by atoms with Gasteiger partial charge in [0.25, 0.3) is 0 Å². The molecule has 21 heavy (non-hydrogen) atoms. The minimum absolute atomic E-state index is 0.0500. The summed E-state index contributed by atoms with van der Waals surface area (Å²) in [6.45, 7) is 0. The van der Waals surface area contributed by atoms with Gasteiger partial charge in [-0.25, -0.2) is 0 Å². The second-order valence-corrected chi connectivity index (χ2v) is 6.79. The quantitative estimate of drug-likeness (QED) is 0.486. The molecule has 0 heterocycles. The van der Waals surface area contributed by atoms with Gasteiger partial charge in [-0.15, -0.1) is 0 Å². The van der Waals surface area contributed by atoms with E-state index in [-0.39, 0.29) is 4.90 Å². The van der Waals surface area contributed by atoms with E-state index in [4.69, 9.17) is 0 Å². The van der Waals surface area contributed by atoms with Crippen molar-refractivity contribution in [3.63, 3.8) is 0 Å². The number of nitriles is 1. The van der Waals surface area contributed by atoms with E-state index in [1.54, 1.807) is 18.2 Å². The van der Waals surface area contributed by atoms with Crippen LogP contribution >= 0.6 is 0 Å². The molecular formula is C15H18N2O3S. The highest BCUT2D eigenvalue weighted by molar-refractivity contribution is 7.86. The average Bonchev–Trinajstić information content (AvgIpc) is 2.74. The maximum atomic E-state index is 11.9. The molecule has 6 heteroatoms. The van der Waals surface area contributed by atoms with E-state index < -0.39 is 15.5 Å². The van der Waals surface area contributed by atoms with Gasteiger partial charge in [0.2, 0.25) is 0 Å². The van der Waals surface area contributed by atoms with E-state index in [1.807, 2.05) is 0 Å². The molecule has 112 valence electrons. The Morgan fingerprint density at radius 1 is 1.14 bits per heavy atom. The largest absolute Gasteiger partial charge is 0.358 e. The van der Waals surface area contributed by atoms with Crippen molar-refractivity contribution >= 4 is 16.3 Å². The van der Waals surface area contributed by atoms with Gasteiger partial charge in [-0.05, 0) is 25.0 Å². The average molecular weight is 306 g/mol. The van der Waals surface area contributed by atoms with Gasteiger partial charge >= 0.3 is 10.1 Å². The van der Waals surface area contributed by atoms with Crippen LogP contribution in [0.5, 0.6) is 0 Å². The highest BCUT2D eigenvalue weighted by atomic mass is 32.2. The Morgan fingerprint density at radius 3 is 2.33 bits per heavy atom. The smallest absolute Gasteiger partial charge is 0.265 e. The van der Waals surface area contributed by atoms with Crippen LogP contribution in [-0.2, 0) is 14.4 Å². The van der Waals surface area contributed by atoms with Crippen LogP contribution in [0.25, 0.3) is 0 Å². The lowest BCUT2D eigenvalue weighted by Gasteiger charge is -2.18. The molecule has 0 N–H and O–H groups in total. The van der Waals surface area contributed by atoms with Gasteiger partial charge in [0.1, 0.15) is 4.90 Å². The predicted molar refractivity (Wildman–Crippen MR) is 79.0 cm³/mol. The number of nitrogens with zero attached hydrogens (tertiary/aromatic N) is 2. The molecule has 0 bridgehead atoms. The van der Waals surface area contributed by atoms with Crippen molar-refractivity contribution < 1.29 is 12.7 Å². The summed E-state index contributed by atoms with van der Waals surface area (Å²) >= 11 is 0. The Labute approximate surface area is 125 Å². The van der Waals surface area contributed by atoms with E-state index in [0.29, 0.717) is 12.8 Å². The summed E-state index contributed by atoms with van der Waals surface area (Å²) < 4.78 is 28.5. The van der Waals surface area contributed by atoms with Crippen LogP contribution in [0.15, 0.2) is 40.4 Å². The molecule has 1 fully saturated rings.